The summed E-state index contributed by atoms with van der Waals surface area (Å²) in [5.74, 6) is 0.301. The second-order valence-electron chi connectivity index (χ2n) is 10.5. The fourth-order valence-corrected chi connectivity index (χ4v) is 5.75. The van der Waals surface area contributed by atoms with Gasteiger partial charge in [-0.3, -0.25) is 9.36 Å². The Labute approximate surface area is 248 Å². The molecule has 0 fully saturated rings. The number of sulfone groups is 1. The highest BCUT2D eigenvalue weighted by Gasteiger charge is 2.27. The smallest absolute Gasteiger partial charge is 0.407 e. The van der Waals surface area contributed by atoms with E-state index in [1.54, 1.807) is 33.8 Å². The summed E-state index contributed by atoms with van der Waals surface area (Å²) in [4.78, 5) is 34.7. The number of hydrogen-bond acceptors (Lipinski definition) is 10. The van der Waals surface area contributed by atoms with Crippen molar-refractivity contribution < 1.29 is 27.4 Å². The molecule has 1 amide bonds. The van der Waals surface area contributed by atoms with E-state index >= 15 is 0 Å². The summed E-state index contributed by atoms with van der Waals surface area (Å²) in [5.41, 5.74) is -0.521. The van der Waals surface area contributed by atoms with Gasteiger partial charge in [0.1, 0.15) is 32.6 Å². The average Bonchev–Trinajstić information content (AvgIpc) is 2.85. The van der Waals surface area contributed by atoms with Gasteiger partial charge in [0.25, 0.3) is 5.56 Å². The lowest BCUT2D eigenvalue weighted by atomic mass is 10.0. The van der Waals surface area contributed by atoms with Gasteiger partial charge in [0, 0.05) is 42.6 Å². The standard InChI is InChI=1S/C26H33Cl2N5O7S/c1-13(16(12-41(8,36)37)31-25(35)40-26(2,3)4)30-24-29-11-14-9-15(23(34)33(5)22(14)32-24)19-20(27)17(38-6)10-18(39-7)21(19)28/h9-11,13,16H,12H2,1-8H3,(H,31,35)(H,29,30,32). The van der Waals surface area contributed by atoms with Crippen LogP contribution in [0.4, 0.5) is 10.7 Å². The SMILES string of the molecule is COc1cc(OC)c(Cl)c(-c2cc3cnc(NC(C)C(CS(C)(=O)=O)NC(=O)OC(C)(C)C)nc3n(C)c2=O)c1Cl. The molecule has 0 saturated heterocycles. The van der Waals surface area contributed by atoms with Gasteiger partial charge in [0.2, 0.25) is 5.95 Å². The van der Waals surface area contributed by atoms with Crippen molar-refractivity contribution >= 4 is 56.1 Å². The first kappa shape index (κ1) is 32.2. The van der Waals surface area contributed by atoms with Crippen LogP contribution in [0.5, 0.6) is 11.5 Å². The van der Waals surface area contributed by atoms with Crippen LogP contribution in [-0.2, 0) is 21.6 Å². The Morgan fingerprint density at radius 2 is 1.71 bits per heavy atom. The molecule has 2 heterocycles. The van der Waals surface area contributed by atoms with Crippen molar-refractivity contribution in [1.82, 2.24) is 19.9 Å². The minimum atomic E-state index is -3.48. The highest BCUT2D eigenvalue weighted by atomic mass is 35.5. The molecule has 41 heavy (non-hydrogen) atoms. The van der Waals surface area contributed by atoms with Crippen molar-refractivity contribution in [1.29, 1.82) is 0 Å². The Morgan fingerprint density at radius 3 is 2.22 bits per heavy atom. The van der Waals surface area contributed by atoms with E-state index in [1.165, 1.54) is 38.1 Å². The van der Waals surface area contributed by atoms with Crippen molar-refractivity contribution in [2.45, 2.75) is 45.4 Å². The highest BCUT2D eigenvalue weighted by molar-refractivity contribution is 7.90. The Hall–Kier alpha value is -3.29. The molecular formula is C26H33Cl2N5O7S. The van der Waals surface area contributed by atoms with Crippen molar-refractivity contribution in [3.8, 4) is 22.6 Å². The molecule has 0 aliphatic rings. The average molecular weight is 631 g/mol. The molecule has 2 atom stereocenters. The third-order valence-electron chi connectivity index (χ3n) is 5.94. The number of carbonyl (C=O) groups excluding carboxylic acids is 1. The Bertz CT molecular complexity index is 1610. The fourth-order valence-electron chi connectivity index (χ4n) is 4.02. The lowest BCUT2D eigenvalue weighted by Crippen LogP contribution is -2.50. The summed E-state index contributed by atoms with van der Waals surface area (Å²) in [6, 6.07) is 1.56. The molecule has 12 nitrogen and oxygen atoms in total. The van der Waals surface area contributed by atoms with Crippen LogP contribution in [0, 0.1) is 0 Å². The van der Waals surface area contributed by atoms with E-state index in [4.69, 9.17) is 37.4 Å². The number of hydrogen-bond donors (Lipinski definition) is 2. The quantitative estimate of drug-likeness (QED) is 0.354. The van der Waals surface area contributed by atoms with Crippen LogP contribution in [-0.4, -0.2) is 73.0 Å². The normalized spacial score (nSPS) is 13.4. The molecule has 1 aromatic carbocycles. The van der Waals surface area contributed by atoms with Crippen LogP contribution in [0.3, 0.4) is 0 Å². The number of pyridine rings is 1. The summed E-state index contributed by atoms with van der Waals surface area (Å²) < 4.78 is 41.4. The number of benzene rings is 1. The molecule has 0 radical (unpaired) electrons. The van der Waals surface area contributed by atoms with Crippen molar-refractivity contribution in [2.75, 3.05) is 31.5 Å². The van der Waals surface area contributed by atoms with Gasteiger partial charge in [-0.25, -0.2) is 18.2 Å². The fraction of sp³-hybridized carbons (Fsp3) is 0.462. The van der Waals surface area contributed by atoms with E-state index in [-0.39, 0.29) is 50.0 Å². The summed E-state index contributed by atoms with van der Waals surface area (Å²) >= 11 is 13.1. The van der Waals surface area contributed by atoms with E-state index in [1.807, 2.05) is 0 Å². The largest absolute Gasteiger partial charge is 0.495 e. The first-order valence-corrected chi connectivity index (χ1v) is 15.2. The first-order chi connectivity index (χ1) is 19.0. The van der Waals surface area contributed by atoms with Gasteiger partial charge < -0.3 is 24.8 Å². The van der Waals surface area contributed by atoms with Crippen LogP contribution in [0.1, 0.15) is 27.7 Å². The van der Waals surface area contributed by atoms with Crippen LogP contribution in [0.25, 0.3) is 22.2 Å². The van der Waals surface area contributed by atoms with Gasteiger partial charge in [-0.15, -0.1) is 0 Å². The number of nitrogens with zero attached hydrogens (tertiary/aromatic N) is 3. The van der Waals surface area contributed by atoms with Gasteiger partial charge in [-0.1, -0.05) is 23.2 Å². The molecule has 2 N–H and O–H groups in total. The van der Waals surface area contributed by atoms with Gasteiger partial charge in [0.15, 0.2) is 0 Å². The van der Waals surface area contributed by atoms with Crippen molar-refractivity contribution in [3.05, 3.63) is 38.7 Å². The zero-order valence-corrected chi connectivity index (χ0v) is 26.3. The van der Waals surface area contributed by atoms with Crippen LogP contribution >= 0.6 is 23.2 Å². The van der Waals surface area contributed by atoms with Crippen LogP contribution < -0.4 is 25.7 Å². The molecule has 2 aromatic heterocycles. The minimum absolute atomic E-state index is 0.108. The molecule has 0 aliphatic heterocycles. The van der Waals surface area contributed by atoms with Crippen LogP contribution in [0.15, 0.2) is 23.1 Å². The Balaban J connectivity index is 2.01. The lowest BCUT2D eigenvalue weighted by molar-refractivity contribution is 0.0505. The number of carbonyl (C=O) groups is 1. The molecule has 3 rings (SSSR count). The maximum Gasteiger partial charge on any atom is 0.407 e. The molecule has 0 bridgehead atoms. The predicted molar refractivity (Wildman–Crippen MR) is 159 cm³/mol. The van der Waals surface area contributed by atoms with E-state index in [0.717, 1.165) is 6.26 Å². The first-order valence-electron chi connectivity index (χ1n) is 12.4. The number of methoxy groups -OCH3 is 2. The number of amides is 1. The van der Waals surface area contributed by atoms with E-state index in [2.05, 4.69) is 20.6 Å². The number of fused-ring (bicyclic) bond motifs is 1. The zero-order chi connectivity index (χ0) is 30.9. The summed E-state index contributed by atoms with van der Waals surface area (Å²) in [6.07, 6.45) is 1.80. The number of nitrogens with one attached hydrogen (secondary N) is 2. The number of rotatable bonds is 9. The lowest BCUT2D eigenvalue weighted by Gasteiger charge is -2.27. The number of anilines is 1. The second-order valence-corrected chi connectivity index (χ2v) is 13.4. The third-order valence-corrected chi connectivity index (χ3v) is 7.65. The number of ether oxygens (including phenoxy) is 3. The minimum Gasteiger partial charge on any atom is -0.495 e. The van der Waals surface area contributed by atoms with Crippen molar-refractivity contribution in [3.63, 3.8) is 0 Å². The number of alkyl carbamates (subject to hydrolysis) is 1. The zero-order valence-electron chi connectivity index (χ0n) is 24.0. The molecule has 0 spiro atoms. The summed E-state index contributed by atoms with van der Waals surface area (Å²) in [5, 5.41) is 6.39. The molecule has 0 saturated carbocycles. The molecular weight excluding hydrogens is 597 g/mol. The van der Waals surface area contributed by atoms with E-state index in [9.17, 15) is 18.0 Å². The molecule has 3 aromatic rings. The molecule has 0 aliphatic carbocycles. The molecule has 15 heteroatoms. The maximum absolute atomic E-state index is 13.5. The van der Waals surface area contributed by atoms with Gasteiger partial charge in [0.05, 0.1) is 41.6 Å². The number of aromatic nitrogens is 3. The Morgan fingerprint density at radius 1 is 1.12 bits per heavy atom. The van der Waals surface area contributed by atoms with Gasteiger partial charge >= 0.3 is 6.09 Å². The van der Waals surface area contributed by atoms with Crippen LogP contribution in [0.2, 0.25) is 10.0 Å². The van der Waals surface area contributed by atoms with Crippen molar-refractivity contribution in [2.24, 2.45) is 7.05 Å². The van der Waals surface area contributed by atoms with E-state index < -0.39 is 39.2 Å². The maximum atomic E-state index is 13.5. The topological polar surface area (TPSA) is 151 Å². The third kappa shape index (κ3) is 7.72. The predicted octanol–water partition coefficient (Wildman–Crippen LogP) is 4.06. The molecule has 2 unspecified atom stereocenters. The summed E-state index contributed by atoms with van der Waals surface area (Å²) in [6.45, 7) is 6.77. The summed E-state index contributed by atoms with van der Waals surface area (Å²) in [7, 11) is 0.919. The Kier molecular flexibility index (Phi) is 9.66. The number of halogens is 2. The van der Waals surface area contributed by atoms with Gasteiger partial charge in [-0.2, -0.15) is 4.98 Å². The molecule has 224 valence electrons. The monoisotopic (exact) mass is 629 g/mol. The second kappa shape index (κ2) is 12.3. The highest BCUT2D eigenvalue weighted by Crippen LogP contribution is 2.45. The van der Waals surface area contributed by atoms with Gasteiger partial charge in [-0.05, 0) is 33.8 Å². The number of aryl methyl sites for hydroxylation is 1. The van der Waals surface area contributed by atoms with E-state index in [0.29, 0.717) is 5.39 Å².